The smallest absolute Gasteiger partial charge is 0.257 e. The second-order valence-corrected chi connectivity index (χ2v) is 4.68. The van der Waals surface area contributed by atoms with Crippen LogP contribution in [-0.2, 0) is 14.6 Å². The normalized spacial score (nSPS) is 13.9. The third kappa shape index (κ3) is 2.05. The molecule has 6 nitrogen and oxygen atoms in total. The summed E-state index contributed by atoms with van der Waals surface area (Å²) in [6.07, 6.45) is 3.68. The van der Waals surface area contributed by atoms with Gasteiger partial charge in [0.2, 0.25) is 5.37 Å². The molecule has 0 fully saturated rings. The number of nitrogens with two attached hydrogens (primary N) is 1. The second kappa shape index (κ2) is 3.17. The van der Waals surface area contributed by atoms with Crippen molar-refractivity contribution in [3.63, 3.8) is 0 Å². The zero-order valence-electron chi connectivity index (χ0n) is 6.91. The van der Waals surface area contributed by atoms with Gasteiger partial charge in [0.15, 0.2) is 9.84 Å². The first kappa shape index (κ1) is 9.72. The molecule has 0 bridgehead atoms. The lowest BCUT2D eigenvalue weighted by Gasteiger charge is -2.10. The van der Waals surface area contributed by atoms with Gasteiger partial charge in [-0.05, 0) is 6.07 Å². The first-order chi connectivity index (χ1) is 5.93. The number of primary amides is 1. The Kier molecular flexibility index (Phi) is 2.37. The maximum absolute atomic E-state index is 11.1. The Bertz CT molecular complexity index is 395. The lowest BCUT2D eigenvalue weighted by molar-refractivity contribution is -0.119. The average molecular weight is 203 g/mol. The molecule has 1 aromatic heterocycles. The van der Waals surface area contributed by atoms with Crippen molar-refractivity contribution in [2.24, 2.45) is 5.73 Å². The first-order valence-electron chi connectivity index (χ1n) is 3.40. The summed E-state index contributed by atoms with van der Waals surface area (Å²) in [5.74, 6) is -0.939. The molecule has 1 heterocycles. The standard InChI is InChI=1S/C6H9N3O3S/c1-13(11,12)6(5(7)10)9-4-2-3-8-9/h2-4,6H,1H3,(H2,7,10). The minimum absolute atomic E-state index is 0.935. The highest BCUT2D eigenvalue weighted by Crippen LogP contribution is 2.10. The van der Waals surface area contributed by atoms with E-state index in [1.807, 2.05) is 0 Å². The van der Waals surface area contributed by atoms with Crippen molar-refractivity contribution in [1.82, 2.24) is 9.78 Å². The van der Waals surface area contributed by atoms with E-state index >= 15 is 0 Å². The van der Waals surface area contributed by atoms with Gasteiger partial charge in [-0.2, -0.15) is 5.10 Å². The third-order valence-electron chi connectivity index (χ3n) is 1.41. The molecule has 0 saturated carbocycles. The van der Waals surface area contributed by atoms with E-state index in [4.69, 9.17) is 5.73 Å². The van der Waals surface area contributed by atoms with Crippen LogP contribution in [0.4, 0.5) is 0 Å². The van der Waals surface area contributed by atoms with E-state index in [-0.39, 0.29) is 0 Å². The number of sulfone groups is 1. The highest BCUT2D eigenvalue weighted by atomic mass is 32.2. The Morgan fingerprint density at radius 1 is 1.62 bits per heavy atom. The molecule has 2 N–H and O–H groups in total. The molecule has 1 rings (SSSR count). The molecule has 0 aromatic carbocycles. The van der Waals surface area contributed by atoms with Crippen LogP contribution in [0.5, 0.6) is 0 Å². The van der Waals surface area contributed by atoms with Crippen molar-refractivity contribution in [2.45, 2.75) is 5.37 Å². The van der Waals surface area contributed by atoms with E-state index < -0.39 is 21.1 Å². The number of amides is 1. The quantitative estimate of drug-likeness (QED) is 0.675. The molecule has 0 aliphatic rings. The Balaban J connectivity index is 3.17. The molecule has 0 aliphatic heterocycles. The molecule has 1 amide bonds. The molecular formula is C6H9N3O3S. The Morgan fingerprint density at radius 2 is 2.23 bits per heavy atom. The number of rotatable bonds is 3. The third-order valence-corrected chi connectivity index (χ3v) is 2.67. The van der Waals surface area contributed by atoms with E-state index in [1.54, 1.807) is 0 Å². The zero-order valence-corrected chi connectivity index (χ0v) is 7.73. The number of carbonyl (C=O) groups excluding carboxylic acids is 1. The van der Waals surface area contributed by atoms with Gasteiger partial charge < -0.3 is 5.73 Å². The SMILES string of the molecule is CS(=O)(=O)C(C(N)=O)n1cccn1. The number of carbonyl (C=O) groups is 1. The molecule has 7 heteroatoms. The van der Waals surface area contributed by atoms with Gasteiger partial charge in [-0.3, -0.25) is 4.79 Å². The summed E-state index contributed by atoms with van der Waals surface area (Å²) >= 11 is 0. The molecule has 0 radical (unpaired) electrons. The van der Waals surface area contributed by atoms with Crippen LogP contribution in [0.1, 0.15) is 5.37 Å². The van der Waals surface area contributed by atoms with Crippen molar-refractivity contribution in [2.75, 3.05) is 6.26 Å². The summed E-state index contributed by atoms with van der Waals surface area (Å²) in [7, 11) is -3.56. The van der Waals surface area contributed by atoms with E-state index in [0.29, 0.717) is 0 Å². The minimum atomic E-state index is -3.56. The van der Waals surface area contributed by atoms with E-state index in [1.165, 1.54) is 18.5 Å². The molecule has 0 spiro atoms. The molecule has 72 valence electrons. The van der Waals surface area contributed by atoms with Gasteiger partial charge in [-0.1, -0.05) is 0 Å². The lowest BCUT2D eigenvalue weighted by Crippen LogP contribution is -2.32. The van der Waals surface area contributed by atoms with Crippen LogP contribution in [0.15, 0.2) is 18.5 Å². The van der Waals surface area contributed by atoms with E-state index in [0.717, 1.165) is 10.9 Å². The summed E-state index contributed by atoms with van der Waals surface area (Å²) in [5, 5.41) is 2.23. The van der Waals surface area contributed by atoms with E-state index in [9.17, 15) is 13.2 Å². The number of hydrogen-bond acceptors (Lipinski definition) is 4. The molecule has 0 aliphatic carbocycles. The van der Waals surface area contributed by atoms with Crippen LogP contribution in [0.3, 0.4) is 0 Å². The van der Waals surface area contributed by atoms with Crippen LogP contribution in [0.25, 0.3) is 0 Å². The van der Waals surface area contributed by atoms with Crippen LogP contribution < -0.4 is 5.73 Å². The largest absolute Gasteiger partial charge is 0.367 e. The fraction of sp³-hybridized carbons (Fsp3) is 0.333. The summed E-state index contributed by atoms with van der Waals surface area (Å²) in [4.78, 5) is 10.8. The van der Waals surface area contributed by atoms with Crippen molar-refractivity contribution in [3.8, 4) is 0 Å². The van der Waals surface area contributed by atoms with Gasteiger partial charge in [0.05, 0.1) is 0 Å². The van der Waals surface area contributed by atoms with Crippen molar-refractivity contribution >= 4 is 15.7 Å². The summed E-state index contributed by atoms with van der Waals surface area (Å²) < 4.78 is 23.2. The molecule has 0 saturated heterocycles. The Hall–Kier alpha value is -1.37. The Morgan fingerprint density at radius 3 is 2.54 bits per heavy atom. The highest BCUT2D eigenvalue weighted by molar-refractivity contribution is 7.91. The maximum atomic E-state index is 11.1. The van der Waals surface area contributed by atoms with Crippen molar-refractivity contribution < 1.29 is 13.2 Å². The average Bonchev–Trinajstić information content (AvgIpc) is 2.34. The van der Waals surface area contributed by atoms with E-state index in [2.05, 4.69) is 5.10 Å². The fourth-order valence-corrected chi connectivity index (χ4v) is 1.90. The monoisotopic (exact) mass is 203 g/mol. The van der Waals surface area contributed by atoms with Crippen molar-refractivity contribution in [3.05, 3.63) is 18.5 Å². The second-order valence-electron chi connectivity index (χ2n) is 2.57. The van der Waals surface area contributed by atoms with Crippen LogP contribution in [-0.4, -0.2) is 30.4 Å². The zero-order chi connectivity index (χ0) is 10.1. The Labute approximate surface area is 75.3 Å². The first-order valence-corrected chi connectivity index (χ1v) is 5.35. The number of aromatic nitrogens is 2. The van der Waals surface area contributed by atoms with Gasteiger partial charge in [-0.25, -0.2) is 13.1 Å². The number of nitrogens with zero attached hydrogens (tertiary/aromatic N) is 2. The van der Waals surface area contributed by atoms with Crippen LogP contribution in [0, 0.1) is 0 Å². The molecule has 1 aromatic rings. The molecular weight excluding hydrogens is 194 g/mol. The van der Waals surface area contributed by atoms with Crippen molar-refractivity contribution in [1.29, 1.82) is 0 Å². The van der Waals surface area contributed by atoms with Gasteiger partial charge >= 0.3 is 0 Å². The topological polar surface area (TPSA) is 95.0 Å². The number of hydrogen-bond donors (Lipinski definition) is 1. The van der Waals surface area contributed by atoms with Crippen LogP contribution in [0.2, 0.25) is 0 Å². The maximum Gasteiger partial charge on any atom is 0.257 e. The minimum Gasteiger partial charge on any atom is -0.367 e. The summed E-state index contributed by atoms with van der Waals surface area (Å²) in [6.45, 7) is 0. The molecule has 1 unspecified atom stereocenters. The fourth-order valence-electron chi connectivity index (χ4n) is 0.957. The highest BCUT2D eigenvalue weighted by Gasteiger charge is 2.28. The summed E-state index contributed by atoms with van der Waals surface area (Å²) in [6, 6.07) is 1.52. The summed E-state index contributed by atoms with van der Waals surface area (Å²) in [5.41, 5.74) is 4.94. The predicted molar refractivity (Wildman–Crippen MR) is 45.3 cm³/mol. The van der Waals surface area contributed by atoms with Gasteiger partial charge in [0, 0.05) is 18.6 Å². The van der Waals surface area contributed by atoms with Gasteiger partial charge in [0.1, 0.15) is 0 Å². The van der Waals surface area contributed by atoms with Gasteiger partial charge in [0.25, 0.3) is 5.91 Å². The predicted octanol–water partition coefficient (Wildman–Crippen LogP) is -1.09. The van der Waals surface area contributed by atoms with Crippen LogP contribution >= 0.6 is 0 Å². The lowest BCUT2D eigenvalue weighted by atomic mass is 10.6. The molecule has 1 atom stereocenters. The van der Waals surface area contributed by atoms with Gasteiger partial charge in [-0.15, -0.1) is 0 Å². The molecule has 13 heavy (non-hydrogen) atoms.